The molecule has 1 saturated heterocycles. The van der Waals surface area contributed by atoms with Crippen LogP contribution in [-0.4, -0.2) is 67.4 Å². The predicted octanol–water partition coefficient (Wildman–Crippen LogP) is 5.07. The van der Waals surface area contributed by atoms with E-state index < -0.39 is 0 Å². The largest absolute Gasteiger partial charge is 0.448 e. The Balaban J connectivity index is 1.27. The highest BCUT2D eigenvalue weighted by Gasteiger charge is 2.39. The number of hydrogen-bond donors (Lipinski definition) is 0. The van der Waals surface area contributed by atoms with Crippen molar-refractivity contribution in [2.75, 3.05) is 39.5 Å². The van der Waals surface area contributed by atoms with Gasteiger partial charge >= 0.3 is 6.09 Å². The topological polar surface area (TPSA) is 42.0 Å². The Morgan fingerprint density at radius 2 is 1.70 bits per heavy atom. The maximum atomic E-state index is 13.3. The number of ether oxygens (including phenoxy) is 2. The lowest BCUT2D eigenvalue weighted by Gasteiger charge is -2.44. The van der Waals surface area contributed by atoms with Crippen LogP contribution >= 0.6 is 0 Å². The van der Waals surface area contributed by atoms with Crippen LogP contribution in [-0.2, 0) is 9.47 Å². The van der Waals surface area contributed by atoms with Crippen LogP contribution in [0.2, 0.25) is 0 Å². The molecule has 1 amide bonds. The van der Waals surface area contributed by atoms with E-state index in [4.69, 9.17) is 9.47 Å². The van der Waals surface area contributed by atoms with Gasteiger partial charge in [0, 0.05) is 12.5 Å². The van der Waals surface area contributed by atoms with Crippen molar-refractivity contribution in [3.05, 3.63) is 71.3 Å². The molecular weight excluding hydrogens is 412 g/mol. The van der Waals surface area contributed by atoms with Gasteiger partial charge in [-0.2, -0.15) is 0 Å². The number of morpholine rings is 1. The van der Waals surface area contributed by atoms with Crippen LogP contribution in [0, 0.1) is 0 Å². The second-order valence-electron chi connectivity index (χ2n) is 9.28. The van der Waals surface area contributed by atoms with E-state index in [0.29, 0.717) is 19.8 Å². The van der Waals surface area contributed by atoms with E-state index in [-0.39, 0.29) is 24.1 Å². The molecule has 2 atom stereocenters. The van der Waals surface area contributed by atoms with E-state index in [0.717, 1.165) is 32.5 Å². The summed E-state index contributed by atoms with van der Waals surface area (Å²) in [7, 11) is 0. The van der Waals surface area contributed by atoms with Gasteiger partial charge in [0.25, 0.3) is 0 Å². The minimum absolute atomic E-state index is 0.0279. The summed E-state index contributed by atoms with van der Waals surface area (Å²) in [5.41, 5.74) is 6.43. The fraction of sp³-hybridized carbons (Fsp3) is 0.464. The molecule has 0 N–H and O–H groups in total. The first-order valence-corrected chi connectivity index (χ1v) is 12.3. The van der Waals surface area contributed by atoms with E-state index in [9.17, 15) is 4.79 Å². The summed E-state index contributed by atoms with van der Waals surface area (Å²) >= 11 is 0. The van der Waals surface area contributed by atoms with Crippen LogP contribution in [0.15, 0.2) is 60.2 Å². The van der Waals surface area contributed by atoms with Crippen molar-refractivity contribution in [1.29, 1.82) is 0 Å². The van der Waals surface area contributed by atoms with Crippen molar-refractivity contribution in [3.63, 3.8) is 0 Å². The van der Waals surface area contributed by atoms with Crippen molar-refractivity contribution in [2.24, 2.45) is 0 Å². The quantitative estimate of drug-likeness (QED) is 0.557. The first-order valence-electron chi connectivity index (χ1n) is 12.3. The minimum atomic E-state index is -0.214. The van der Waals surface area contributed by atoms with Gasteiger partial charge in [-0.1, -0.05) is 74.0 Å². The zero-order chi connectivity index (χ0) is 22.8. The zero-order valence-electron chi connectivity index (χ0n) is 19.7. The van der Waals surface area contributed by atoms with Crippen LogP contribution in [0.5, 0.6) is 0 Å². The highest BCUT2D eigenvalue weighted by atomic mass is 16.6. The standard InChI is InChI=1S/C28H34N2O3/c1-3-29(4-2)14-13-20-15-21-17-32-18-22(16-20)30(21)28(31)33-19-27-25-11-7-5-9-23(25)24-10-6-8-12-26(24)27/h5-12,15,21-22,27H,3-4,13-14,16-19H2,1-2H3. The van der Waals surface area contributed by atoms with Gasteiger partial charge in [-0.3, -0.25) is 4.90 Å². The number of hydrogen-bond acceptors (Lipinski definition) is 4. The second kappa shape index (κ2) is 9.70. The average Bonchev–Trinajstić information content (AvgIpc) is 3.16. The molecular formula is C28H34N2O3. The van der Waals surface area contributed by atoms with Gasteiger partial charge in [0.15, 0.2) is 0 Å². The summed E-state index contributed by atoms with van der Waals surface area (Å²) in [4.78, 5) is 17.6. The molecule has 2 aromatic rings. The molecule has 33 heavy (non-hydrogen) atoms. The van der Waals surface area contributed by atoms with Crippen LogP contribution in [0.3, 0.4) is 0 Å². The van der Waals surface area contributed by atoms with Gasteiger partial charge < -0.3 is 14.4 Å². The molecule has 1 aliphatic carbocycles. The smallest absolute Gasteiger partial charge is 0.410 e. The molecule has 0 radical (unpaired) electrons. The highest BCUT2D eigenvalue weighted by Crippen LogP contribution is 2.44. The van der Waals surface area contributed by atoms with Crippen LogP contribution in [0.1, 0.15) is 43.7 Å². The number of rotatable bonds is 7. The summed E-state index contributed by atoms with van der Waals surface area (Å²) < 4.78 is 11.8. The van der Waals surface area contributed by atoms with Crippen molar-refractivity contribution in [3.8, 4) is 11.1 Å². The molecule has 2 aromatic carbocycles. The van der Waals surface area contributed by atoms with E-state index in [1.54, 1.807) is 0 Å². The summed E-state index contributed by atoms with van der Waals surface area (Å²) in [5, 5.41) is 0. The molecule has 2 bridgehead atoms. The number of nitrogens with zero attached hydrogens (tertiary/aromatic N) is 2. The number of fused-ring (bicyclic) bond motifs is 5. The maximum Gasteiger partial charge on any atom is 0.410 e. The van der Waals surface area contributed by atoms with Crippen LogP contribution in [0.25, 0.3) is 11.1 Å². The Morgan fingerprint density at radius 3 is 2.33 bits per heavy atom. The Hall–Kier alpha value is -2.63. The average molecular weight is 447 g/mol. The third-order valence-electron chi connectivity index (χ3n) is 7.47. The Bertz CT molecular complexity index is 984. The molecule has 0 saturated carbocycles. The van der Waals surface area contributed by atoms with Gasteiger partial charge in [-0.25, -0.2) is 4.79 Å². The molecule has 174 valence electrons. The predicted molar refractivity (Wildman–Crippen MR) is 130 cm³/mol. The maximum absolute atomic E-state index is 13.3. The van der Waals surface area contributed by atoms with Crippen molar-refractivity contribution in [1.82, 2.24) is 9.80 Å². The Labute approximate surface area is 197 Å². The van der Waals surface area contributed by atoms with Crippen molar-refractivity contribution in [2.45, 2.75) is 44.7 Å². The monoisotopic (exact) mass is 446 g/mol. The van der Waals surface area contributed by atoms with Crippen molar-refractivity contribution >= 4 is 6.09 Å². The van der Waals surface area contributed by atoms with E-state index in [1.807, 2.05) is 4.90 Å². The lowest BCUT2D eigenvalue weighted by Crippen LogP contribution is -2.56. The summed E-state index contributed by atoms with van der Waals surface area (Å²) in [6.07, 6.45) is 3.98. The molecule has 2 aliphatic heterocycles. The molecule has 2 heterocycles. The van der Waals surface area contributed by atoms with E-state index >= 15 is 0 Å². The normalized spacial score (nSPS) is 21.5. The van der Waals surface area contributed by atoms with Crippen LogP contribution in [0.4, 0.5) is 4.79 Å². The van der Waals surface area contributed by atoms with Gasteiger partial charge in [0.2, 0.25) is 0 Å². The second-order valence-corrected chi connectivity index (χ2v) is 9.28. The number of carbonyl (C=O) groups is 1. The molecule has 5 rings (SSSR count). The summed E-state index contributed by atoms with van der Waals surface area (Å²) in [6, 6.07) is 16.9. The third kappa shape index (κ3) is 4.32. The molecule has 5 heteroatoms. The SMILES string of the molecule is CCN(CC)CCC1=CC2COCC(C1)N2C(=O)OCC1c2ccccc2-c2ccccc21. The Kier molecular flexibility index (Phi) is 6.52. The molecule has 0 aromatic heterocycles. The highest BCUT2D eigenvalue weighted by molar-refractivity contribution is 5.79. The molecule has 1 fully saturated rings. The summed E-state index contributed by atoms with van der Waals surface area (Å²) in [6.45, 7) is 9.14. The lowest BCUT2D eigenvalue weighted by molar-refractivity contribution is -0.0366. The molecule has 5 nitrogen and oxygen atoms in total. The number of benzene rings is 2. The van der Waals surface area contributed by atoms with Gasteiger partial charge in [0.05, 0.1) is 25.3 Å². The third-order valence-corrected chi connectivity index (χ3v) is 7.47. The van der Waals surface area contributed by atoms with Gasteiger partial charge in [-0.05, 0) is 48.2 Å². The molecule has 2 unspecified atom stereocenters. The number of carbonyl (C=O) groups excluding carboxylic acids is 1. The first kappa shape index (κ1) is 22.2. The van der Waals surface area contributed by atoms with Gasteiger partial charge in [0.1, 0.15) is 6.61 Å². The minimum Gasteiger partial charge on any atom is -0.448 e. The fourth-order valence-electron chi connectivity index (χ4n) is 5.66. The van der Waals surface area contributed by atoms with Crippen LogP contribution < -0.4 is 0 Å². The molecule has 0 spiro atoms. The van der Waals surface area contributed by atoms with E-state index in [1.165, 1.54) is 27.8 Å². The lowest BCUT2D eigenvalue weighted by atomic mass is 9.92. The van der Waals surface area contributed by atoms with E-state index in [2.05, 4.69) is 73.4 Å². The summed E-state index contributed by atoms with van der Waals surface area (Å²) in [5.74, 6) is 0.0856. The Morgan fingerprint density at radius 1 is 1.03 bits per heavy atom. The van der Waals surface area contributed by atoms with Gasteiger partial charge in [-0.15, -0.1) is 0 Å². The zero-order valence-corrected chi connectivity index (χ0v) is 19.7. The van der Waals surface area contributed by atoms with Crippen molar-refractivity contribution < 1.29 is 14.3 Å². The number of amides is 1. The molecule has 3 aliphatic rings. The fourth-order valence-corrected chi connectivity index (χ4v) is 5.66. The first-order chi connectivity index (χ1) is 16.2.